The molecule has 0 spiro atoms. The number of benzene rings is 2. The molecule has 0 saturated carbocycles. The molecule has 0 saturated heterocycles. The second kappa shape index (κ2) is 6.57. The van der Waals surface area contributed by atoms with Crippen LogP contribution < -0.4 is 9.62 Å². The van der Waals surface area contributed by atoms with Crippen LogP contribution in [0.3, 0.4) is 0 Å². The number of hydrogen-bond acceptors (Lipinski definition) is 4. The molecule has 1 heterocycles. The van der Waals surface area contributed by atoms with E-state index in [1.807, 2.05) is 18.2 Å². The van der Waals surface area contributed by atoms with Crippen LogP contribution in [0.25, 0.3) is 0 Å². The highest BCUT2D eigenvalue weighted by Crippen LogP contribution is 2.35. The van der Waals surface area contributed by atoms with Gasteiger partial charge in [-0.2, -0.15) is 5.26 Å². The third kappa shape index (κ3) is 3.49. The van der Waals surface area contributed by atoms with Gasteiger partial charge in [0.2, 0.25) is 10.0 Å². The minimum Gasteiger partial charge on any atom is -0.345 e. The van der Waals surface area contributed by atoms with Crippen molar-refractivity contribution in [3.05, 3.63) is 65.2 Å². The second-order valence-electron chi connectivity index (χ2n) is 5.90. The van der Waals surface area contributed by atoms with Crippen molar-refractivity contribution in [2.75, 3.05) is 17.1 Å². The number of nitriles is 1. The number of carbonyl (C=O) groups excluding carboxylic acids is 1. The SMILES string of the molecule is CS(=O)(=O)N1CCC(NC(=O)c2cccc(C#N)c2)c2ccccc21. The summed E-state index contributed by atoms with van der Waals surface area (Å²) in [5, 5.41) is 11.9. The van der Waals surface area contributed by atoms with E-state index in [-0.39, 0.29) is 11.9 Å². The summed E-state index contributed by atoms with van der Waals surface area (Å²) in [7, 11) is -3.37. The molecule has 3 rings (SSSR count). The number of nitrogens with zero attached hydrogens (tertiary/aromatic N) is 2. The van der Waals surface area contributed by atoms with E-state index in [1.54, 1.807) is 30.3 Å². The van der Waals surface area contributed by atoms with Gasteiger partial charge < -0.3 is 5.32 Å². The summed E-state index contributed by atoms with van der Waals surface area (Å²) >= 11 is 0. The van der Waals surface area contributed by atoms with Crippen molar-refractivity contribution < 1.29 is 13.2 Å². The first-order valence-corrected chi connectivity index (χ1v) is 9.62. The highest BCUT2D eigenvalue weighted by molar-refractivity contribution is 7.92. The first-order chi connectivity index (χ1) is 11.9. The molecule has 2 aromatic rings. The van der Waals surface area contributed by atoms with Crippen molar-refractivity contribution >= 4 is 21.6 Å². The fraction of sp³-hybridized carbons (Fsp3) is 0.222. The molecular formula is C18H17N3O3S. The van der Waals surface area contributed by atoms with Gasteiger partial charge in [0.1, 0.15) is 0 Å². The van der Waals surface area contributed by atoms with Crippen LogP contribution in [0.5, 0.6) is 0 Å². The summed E-state index contributed by atoms with van der Waals surface area (Å²) in [6.45, 7) is 0.305. The Morgan fingerprint density at radius 1 is 1.24 bits per heavy atom. The van der Waals surface area contributed by atoms with Gasteiger partial charge in [-0.25, -0.2) is 8.42 Å². The van der Waals surface area contributed by atoms with Crippen LogP contribution in [0, 0.1) is 11.3 Å². The van der Waals surface area contributed by atoms with E-state index in [2.05, 4.69) is 5.32 Å². The number of rotatable bonds is 3. The topological polar surface area (TPSA) is 90.3 Å². The predicted molar refractivity (Wildman–Crippen MR) is 94.6 cm³/mol. The molecule has 1 unspecified atom stereocenters. The Balaban J connectivity index is 1.88. The Morgan fingerprint density at radius 3 is 2.72 bits per heavy atom. The molecule has 6 nitrogen and oxygen atoms in total. The summed E-state index contributed by atoms with van der Waals surface area (Å²) in [4.78, 5) is 12.5. The van der Waals surface area contributed by atoms with Crippen LogP contribution in [-0.2, 0) is 10.0 Å². The average Bonchev–Trinajstić information content (AvgIpc) is 2.61. The zero-order valence-electron chi connectivity index (χ0n) is 13.6. The fourth-order valence-electron chi connectivity index (χ4n) is 3.00. The molecule has 0 aliphatic carbocycles. The molecule has 0 bridgehead atoms. The molecule has 1 N–H and O–H groups in total. The van der Waals surface area contributed by atoms with Gasteiger partial charge in [0.15, 0.2) is 0 Å². The molecule has 1 aliphatic heterocycles. The predicted octanol–water partition coefficient (Wildman–Crippen LogP) is 2.20. The number of fused-ring (bicyclic) bond motifs is 1. The van der Waals surface area contributed by atoms with Crippen LogP contribution in [-0.4, -0.2) is 27.1 Å². The Morgan fingerprint density at radius 2 is 2.00 bits per heavy atom. The Labute approximate surface area is 146 Å². The number of anilines is 1. The van der Waals surface area contributed by atoms with Gasteiger partial charge in [-0.1, -0.05) is 24.3 Å². The van der Waals surface area contributed by atoms with Crippen LogP contribution >= 0.6 is 0 Å². The van der Waals surface area contributed by atoms with Gasteiger partial charge in [0.25, 0.3) is 5.91 Å². The maximum atomic E-state index is 12.5. The van der Waals surface area contributed by atoms with Gasteiger partial charge in [0, 0.05) is 12.1 Å². The number of sulfonamides is 1. The fourth-order valence-corrected chi connectivity index (χ4v) is 3.96. The van der Waals surface area contributed by atoms with E-state index in [9.17, 15) is 13.2 Å². The van der Waals surface area contributed by atoms with E-state index in [1.165, 1.54) is 16.6 Å². The summed E-state index contributed by atoms with van der Waals surface area (Å²) in [6.07, 6.45) is 1.66. The van der Waals surface area contributed by atoms with Gasteiger partial charge in [-0.15, -0.1) is 0 Å². The van der Waals surface area contributed by atoms with Crippen molar-refractivity contribution in [1.82, 2.24) is 5.32 Å². The van der Waals surface area contributed by atoms with Gasteiger partial charge in [-0.3, -0.25) is 9.10 Å². The van der Waals surface area contributed by atoms with E-state index in [0.29, 0.717) is 29.8 Å². The maximum Gasteiger partial charge on any atom is 0.251 e. The molecule has 25 heavy (non-hydrogen) atoms. The van der Waals surface area contributed by atoms with Crippen molar-refractivity contribution in [1.29, 1.82) is 5.26 Å². The lowest BCUT2D eigenvalue weighted by Crippen LogP contribution is -2.40. The number of carbonyl (C=O) groups is 1. The minimum absolute atomic E-state index is 0.285. The summed E-state index contributed by atoms with van der Waals surface area (Å²) in [5.41, 5.74) is 2.18. The standard InChI is InChI=1S/C18H17N3O3S/c1-25(23,24)21-10-9-16(15-7-2-3-8-17(15)21)20-18(22)14-6-4-5-13(11-14)12-19/h2-8,11,16H,9-10H2,1H3,(H,20,22). The molecule has 1 atom stereocenters. The van der Waals surface area contributed by atoms with Crippen LogP contribution in [0.4, 0.5) is 5.69 Å². The van der Waals surface area contributed by atoms with Crippen LogP contribution in [0.1, 0.15) is 33.9 Å². The number of para-hydroxylation sites is 1. The smallest absolute Gasteiger partial charge is 0.251 e. The zero-order chi connectivity index (χ0) is 18.0. The third-order valence-corrected chi connectivity index (χ3v) is 5.34. The lowest BCUT2D eigenvalue weighted by molar-refractivity contribution is 0.0934. The van der Waals surface area contributed by atoms with Crippen molar-refractivity contribution in [2.45, 2.75) is 12.5 Å². The number of hydrogen-bond donors (Lipinski definition) is 1. The second-order valence-corrected chi connectivity index (χ2v) is 7.81. The van der Waals surface area contributed by atoms with Crippen molar-refractivity contribution in [3.63, 3.8) is 0 Å². The molecule has 0 radical (unpaired) electrons. The number of nitrogens with one attached hydrogen (secondary N) is 1. The molecule has 0 fully saturated rings. The third-order valence-electron chi connectivity index (χ3n) is 4.16. The van der Waals surface area contributed by atoms with Crippen LogP contribution in [0.2, 0.25) is 0 Å². The Kier molecular flexibility index (Phi) is 4.47. The van der Waals surface area contributed by atoms with E-state index >= 15 is 0 Å². The highest BCUT2D eigenvalue weighted by atomic mass is 32.2. The van der Waals surface area contributed by atoms with Gasteiger partial charge >= 0.3 is 0 Å². The highest BCUT2D eigenvalue weighted by Gasteiger charge is 2.30. The summed E-state index contributed by atoms with van der Waals surface area (Å²) in [5.74, 6) is -0.287. The molecular weight excluding hydrogens is 338 g/mol. The Hall–Kier alpha value is -2.85. The lowest BCUT2D eigenvalue weighted by atomic mass is 9.97. The first-order valence-electron chi connectivity index (χ1n) is 7.78. The van der Waals surface area contributed by atoms with Gasteiger partial charge in [0.05, 0.1) is 29.6 Å². The van der Waals surface area contributed by atoms with Gasteiger partial charge in [-0.05, 0) is 36.2 Å². The van der Waals surface area contributed by atoms with Crippen molar-refractivity contribution in [2.24, 2.45) is 0 Å². The largest absolute Gasteiger partial charge is 0.345 e. The summed E-state index contributed by atoms with van der Waals surface area (Å²) < 4.78 is 25.3. The first kappa shape index (κ1) is 17.0. The normalized spacial score (nSPS) is 16.6. The summed E-state index contributed by atoms with van der Waals surface area (Å²) in [6, 6.07) is 15.4. The van der Waals surface area contributed by atoms with E-state index < -0.39 is 10.0 Å². The van der Waals surface area contributed by atoms with Crippen molar-refractivity contribution in [3.8, 4) is 6.07 Å². The zero-order valence-corrected chi connectivity index (χ0v) is 14.5. The lowest BCUT2D eigenvalue weighted by Gasteiger charge is -2.34. The minimum atomic E-state index is -3.37. The van der Waals surface area contributed by atoms with Crippen LogP contribution in [0.15, 0.2) is 48.5 Å². The quantitative estimate of drug-likeness (QED) is 0.914. The van der Waals surface area contributed by atoms with E-state index in [4.69, 9.17) is 5.26 Å². The molecule has 0 aromatic heterocycles. The Bertz CT molecular complexity index is 964. The molecule has 1 amide bonds. The van der Waals surface area contributed by atoms with E-state index in [0.717, 1.165) is 5.56 Å². The molecule has 128 valence electrons. The molecule has 1 aliphatic rings. The maximum absolute atomic E-state index is 12.5. The number of amides is 1. The molecule has 7 heteroatoms. The average molecular weight is 355 g/mol. The monoisotopic (exact) mass is 355 g/mol. The molecule has 2 aromatic carbocycles.